The number of guanidine groups is 1. The van der Waals surface area contributed by atoms with Crippen LogP contribution in [0, 0.1) is 0 Å². The molecule has 11 nitrogen and oxygen atoms in total. The maximum absolute atomic E-state index is 13.6. The van der Waals surface area contributed by atoms with Gasteiger partial charge in [0.1, 0.15) is 29.9 Å². The summed E-state index contributed by atoms with van der Waals surface area (Å²) in [7, 11) is 0. The fraction of sp³-hybridized carbons (Fsp3) is 0.105. The van der Waals surface area contributed by atoms with Crippen LogP contribution in [-0.2, 0) is 22.7 Å². The molecule has 0 bridgehead atoms. The summed E-state index contributed by atoms with van der Waals surface area (Å²) in [5.74, 6) is -1.83. The Kier molecular flexibility index (Phi) is 13.3. The fourth-order valence-electron chi connectivity index (χ4n) is 4.47. The van der Waals surface area contributed by atoms with Crippen LogP contribution in [0.3, 0.4) is 0 Å². The van der Waals surface area contributed by atoms with Gasteiger partial charge in [-0.15, -0.1) is 0 Å². The number of nitrogens with two attached hydrogens (primary N) is 2. The van der Waals surface area contributed by atoms with E-state index in [0.717, 1.165) is 11.1 Å². The second-order valence-corrected chi connectivity index (χ2v) is 10.9. The summed E-state index contributed by atoms with van der Waals surface area (Å²) in [6.07, 6.45) is -5.08. The number of amides is 2. The van der Waals surface area contributed by atoms with Gasteiger partial charge in [0.25, 0.3) is 5.91 Å². The molecule has 14 heteroatoms. The number of hydrogen-bond donors (Lipinski definition) is 5. The second-order valence-electron chi connectivity index (χ2n) is 10.9. The van der Waals surface area contributed by atoms with Gasteiger partial charge in [0.05, 0.1) is 5.69 Å². The lowest BCUT2D eigenvalue weighted by atomic mass is 10.0. The van der Waals surface area contributed by atoms with E-state index in [1.165, 1.54) is 0 Å². The van der Waals surface area contributed by atoms with Crippen LogP contribution in [0.25, 0.3) is 0 Å². The lowest BCUT2D eigenvalue weighted by Gasteiger charge is -2.20. The Labute approximate surface area is 296 Å². The van der Waals surface area contributed by atoms with Crippen LogP contribution in [0.4, 0.5) is 18.9 Å². The van der Waals surface area contributed by atoms with Gasteiger partial charge >= 0.3 is 12.1 Å². The summed E-state index contributed by atoms with van der Waals surface area (Å²) < 4.78 is 43.5. The highest BCUT2D eigenvalue weighted by atomic mass is 19.4. The van der Waals surface area contributed by atoms with E-state index in [1.54, 1.807) is 60.7 Å². The second kappa shape index (κ2) is 18.2. The van der Waals surface area contributed by atoms with Gasteiger partial charge in [-0.1, -0.05) is 78.9 Å². The molecule has 5 aromatic rings. The van der Waals surface area contributed by atoms with Crippen molar-refractivity contribution >= 4 is 29.4 Å². The smallest absolute Gasteiger partial charge is 0.489 e. The lowest BCUT2D eigenvalue weighted by Crippen LogP contribution is -2.40. The molecule has 52 heavy (non-hydrogen) atoms. The van der Waals surface area contributed by atoms with Crippen molar-refractivity contribution in [1.82, 2.24) is 10.6 Å². The minimum Gasteiger partial charge on any atom is -0.489 e. The van der Waals surface area contributed by atoms with Crippen LogP contribution in [0.15, 0.2) is 138 Å². The Morgan fingerprint density at radius 1 is 0.731 bits per heavy atom. The molecule has 0 radical (unpaired) electrons. The minimum atomic E-state index is -5.08. The first-order valence-electron chi connectivity index (χ1n) is 15.5. The Morgan fingerprint density at radius 3 is 1.92 bits per heavy atom. The number of para-hydroxylation sites is 1. The van der Waals surface area contributed by atoms with Gasteiger partial charge in [-0.2, -0.15) is 13.2 Å². The quantitative estimate of drug-likeness (QED) is 0.0730. The fourth-order valence-corrected chi connectivity index (χ4v) is 4.47. The van der Waals surface area contributed by atoms with Crippen LogP contribution >= 0.6 is 0 Å². The number of rotatable bonds is 12. The number of ether oxygens (including phenoxy) is 2. The summed E-state index contributed by atoms with van der Waals surface area (Å²) >= 11 is 0. The zero-order valence-corrected chi connectivity index (χ0v) is 27.4. The number of aliphatic imine (C=N–C) groups is 1. The van der Waals surface area contributed by atoms with Crippen LogP contribution in [0.2, 0.25) is 0 Å². The molecule has 0 aliphatic heterocycles. The van der Waals surface area contributed by atoms with E-state index >= 15 is 0 Å². The van der Waals surface area contributed by atoms with Crippen molar-refractivity contribution in [3.63, 3.8) is 0 Å². The van der Waals surface area contributed by atoms with Crippen LogP contribution in [0.1, 0.15) is 33.1 Å². The average molecular weight is 714 g/mol. The third kappa shape index (κ3) is 12.2. The molecule has 0 unspecified atom stereocenters. The molecule has 2 amide bonds. The van der Waals surface area contributed by atoms with E-state index in [9.17, 15) is 22.8 Å². The van der Waals surface area contributed by atoms with Crippen LogP contribution in [-0.4, -0.2) is 35.0 Å². The zero-order chi connectivity index (χ0) is 37.5. The van der Waals surface area contributed by atoms with E-state index in [4.69, 9.17) is 30.8 Å². The molecule has 5 aromatic carbocycles. The van der Waals surface area contributed by atoms with E-state index < -0.39 is 24.1 Å². The largest absolute Gasteiger partial charge is 0.490 e. The van der Waals surface area contributed by atoms with E-state index in [1.807, 2.05) is 72.8 Å². The molecule has 0 aliphatic rings. The molecule has 5 rings (SSSR count). The zero-order valence-electron chi connectivity index (χ0n) is 27.4. The molecular weight excluding hydrogens is 679 g/mol. The summed E-state index contributed by atoms with van der Waals surface area (Å²) in [4.78, 5) is 39.9. The van der Waals surface area contributed by atoms with E-state index in [0.29, 0.717) is 40.7 Å². The van der Waals surface area contributed by atoms with Gasteiger partial charge in [-0.25, -0.2) is 9.79 Å². The molecular formula is C38H34F3N5O6. The van der Waals surface area contributed by atoms with E-state index in [-0.39, 0.29) is 18.4 Å². The monoisotopic (exact) mass is 713 g/mol. The number of benzene rings is 5. The Balaban J connectivity index is 0.000000785. The lowest BCUT2D eigenvalue weighted by molar-refractivity contribution is -0.192. The van der Waals surface area contributed by atoms with Crippen LogP contribution in [0.5, 0.6) is 17.2 Å². The number of carbonyl (C=O) groups is 3. The summed E-state index contributed by atoms with van der Waals surface area (Å²) in [6.45, 7) is 0.635. The van der Waals surface area contributed by atoms with Crippen molar-refractivity contribution in [1.29, 1.82) is 0 Å². The number of carbonyl (C=O) groups excluding carboxylic acids is 2. The third-order valence-corrected chi connectivity index (χ3v) is 6.98. The van der Waals surface area contributed by atoms with Crippen molar-refractivity contribution in [3.8, 4) is 17.2 Å². The molecule has 268 valence electrons. The summed E-state index contributed by atoms with van der Waals surface area (Å²) in [5, 5.41) is 12.9. The summed E-state index contributed by atoms with van der Waals surface area (Å²) in [6, 6.07) is 39.1. The number of nitrogens with one attached hydrogen (secondary N) is 2. The molecule has 0 saturated heterocycles. The van der Waals surface area contributed by atoms with Crippen LogP contribution < -0.4 is 31.6 Å². The number of carboxylic acids is 1. The highest BCUT2D eigenvalue weighted by Gasteiger charge is 2.38. The van der Waals surface area contributed by atoms with Gasteiger partial charge < -0.3 is 36.7 Å². The van der Waals surface area contributed by atoms with Crippen molar-refractivity contribution < 1.29 is 42.1 Å². The first-order valence-corrected chi connectivity index (χ1v) is 15.5. The number of halogens is 3. The molecule has 1 atom stereocenters. The molecule has 0 fully saturated rings. The van der Waals surface area contributed by atoms with Gasteiger partial charge in [0, 0.05) is 12.1 Å². The van der Waals surface area contributed by atoms with Gasteiger partial charge in [0.2, 0.25) is 5.91 Å². The van der Waals surface area contributed by atoms with Gasteiger partial charge in [-0.05, 0) is 71.3 Å². The number of nitrogens with zero attached hydrogens (tertiary/aromatic N) is 1. The van der Waals surface area contributed by atoms with E-state index in [2.05, 4.69) is 15.6 Å². The first kappa shape index (κ1) is 38.0. The van der Waals surface area contributed by atoms with Gasteiger partial charge in [-0.3, -0.25) is 9.59 Å². The van der Waals surface area contributed by atoms with Crippen molar-refractivity contribution in [2.45, 2.75) is 25.4 Å². The molecule has 0 saturated carbocycles. The normalized spacial score (nSPS) is 11.1. The molecule has 0 aliphatic carbocycles. The minimum absolute atomic E-state index is 0.0386. The predicted molar refractivity (Wildman–Crippen MR) is 188 cm³/mol. The Bertz CT molecular complexity index is 1950. The predicted octanol–water partition coefficient (Wildman–Crippen LogP) is 6.38. The maximum atomic E-state index is 13.6. The molecule has 0 spiro atoms. The number of hydrogen-bond acceptors (Lipinski definition) is 6. The Morgan fingerprint density at radius 2 is 1.33 bits per heavy atom. The van der Waals surface area contributed by atoms with Crippen molar-refractivity contribution in [2.75, 3.05) is 0 Å². The maximum Gasteiger partial charge on any atom is 0.490 e. The SMILES string of the molecule is NC(N)=Nc1ccc(CNC(=O)[C@@H](NC(=O)c2cccc(Oc3ccccc3)c2)c2ccc(OCc3ccccc3)cc2)cc1.O=C(O)C(F)(F)F. The number of aliphatic carboxylic acids is 1. The molecule has 0 aromatic heterocycles. The topological polar surface area (TPSA) is 178 Å². The average Bonchev–Trinajstić information content (AvgIpc) is 3.13. The highest BCUT2D eigenvalue weighted by Crippen LogP contribution is 2.24. The molecule has 7 N–H and O–H groups in total. The highest BCUT2D eigenvalue weighted by molar-refractivity contribution is 5.98. The Hall–Kier alpha value is -6.83. The molecule has 0 heterocycles. The standard InChI is InChI=1S/C36H33N5O4.C2HF3O2/c37-36(38)40-29-18-14-25(15-19-29)23-39-35(43)33(27-16-20-30(21-17-27)44-24-26-8-3-1-4-9-26)41-34(42)28-10-7-13-32(22-28)45-31-11-5-2-6-12-31;3-2(4,5)1(6)7/h1-22,33H,23-24H2,(H,39,43)(H,41,42)(H4,37,38,40);(H,6,7)/t33-;/m0./s1. The summed E-state index contributed by atoms with van der Waals surface area (Å²) in [5.41, 5.74) is 14.3. The number of carboxylic acid groups (broad SMARTS) is 1. The number of alkyl halides is 3. The third-order valence-electron chi connectivity index (χ3n) is 6.98. The van der Waals surface area contributed by atoms with Gasteiger partial charge in [0.15, 0.2) is 5.96 Å². The first-order chi connectivity index (χ1) is 24.9. The van der Waals surface area contributed by atoms with Crippen molar-refractivity contribution in [3.05, 3.63) is 156 Å². The van der Waals surface area contributed by atoms with Crippen molar-refractivity contribution in [2.24, 2.45) is 16.5 Å².